The molecular formula is C23H35N3O4. The molecule has 1 heterocycles. The number of carbonyl (C=O) groups is 2. The first kappa shape index (κ1) is 22.4. The van der Waals surface area contributed by atoms with E-state index in [0.717, 1.165) is 38.4 Å². The second-order valence-corrected chi connectivity index (χ2v) is 9.20. The van der Waals surface area contributed by atoms with Gasteiger partial charge >= 0.3 is 6.09 Å². The first-order valence-electron chi connectivity index (χ1n) is 11.0. The highest BCUT2D eigenvalue weighted by atomic mass is 16.6. The van der Waals surface area contributed by atoms with Crippen LogP contribution in [0.1, 0.15) is 50.4 Å². The van der Waals surface area contributed by atoms with Gasteiger partial charge in [-0.25, -0.2) is 4.79 Å². The molecule has 7 nitrogen and oxygen atoms in total. The molecule has 1 aromatic rings. The molecule has 2 amide bonds. The van der Waals surface area contributed by atoms with Gasteiger partial charge in [0.1, 0.15) is 11.4 Å². The summed E-state index contributed by atoms with van der Waals surface area (Å²) >= 11 is 0. The van der Waals surface area contributed by atoms with Gasteiger partial charge in [-0.2, -0.15) is 0 Å². The summed E-state index contributed by atoms with van der Waals surface area (Å²) in [6.45, 7) is 11.0. The lowest BCUT2D eigenvalue weighted by Gasteiger charge is -2.35. The molecule has 0 unspecified atom stereocenters. The van der Waals surface area contributed by atoms with Gasteiger partial charge in [-0.1, -0.05) is 0 Å². The highest BCUT2D eigenvalue weighted by molar-refractivity contribution is 5.94. The summed E-state index contributed by atoms with van der Waals surface area (Å²) in [7, 11) is 0. The molecule has 2 aliphatic rings. The summed E-state index contributed by atoms with van der Waals surface area (Å²) in [6, 6.07) is 7.35. The molecule has 0 bridgehead atoms. The summed E-state index contributed by atoms with van der Waals surface area (Å²) < 4.78 is 11.1. The Morgan fingerprint density at radius 1 is 1.07 bits per heavy atom. The zero-order valence-corrected chi connectivity index (χ0v) is 18.5. The van der Waals surface area contributed by atoms with Crippen LogP contribution in [0.4, 0.5) is 4.79 Å². The summed E-state index contributed by atoms with van der Waals surface area (Å²) in [4.78, 5) is 28.5. The molecule has 1 aromatic carbocycles. The van der Waals surface area contributed by atoms with Crippen LogP contribution in [-0.2, 0) is 4.74 Å². The van der Waals surface area contributed by atoms with E-state index in [1.165, 1.54) is 12.8 Å². The van der Waals surface area contributed by atoms with Crippen molar-refractivity contribution in [1.29, 1.82) is 0 Å². The number of hydrogen-bond acceptors (Lipinski definition) is 5. The minimum Gasteiger partial charge on any atom is -0.493 e. The number of benzene rings is 1. The Morgan fingerprint density at radius 3 is 2.33 bits per heavy atom. The number of carbonyl (C=O) groups excluding carboxylic acids is 2. The average Bonchev–Trinajstić information content (AvgIpc) is 3.53. The largest absolute Gasteiger partial charge is 0.493 e. The first-order chi connectivity index (χ1) is 14.3. The van der Waals surface area contributed by atoms with E-state index < -0.39 is 5.60 Å². The topological polar surface area (TPSA) is 71.1 Å². The van der Waals surface area contributed by atoms with Gasteiger partial charge in [-0.15, -0.1) is 0 Å². The lowest BCUT2D eigenvalue weighted by atomic mass is 10.2. The van der Waals surface area contributed by atoms with Crippen molar-refractivity contribution in [1.82, 2.24) is 15.1 Å². The van der Waals surface area contributed by atoms with Gasteiger partial charge in [-0.3, -0.25) is 9.69 Å². The molecule has 1 saturated carbocycles. The minimum atomic E-state index is -0.462. The number of nitrogens with zero attached hydrogens (tertiary/aromatic N) is 2. The van der Waals surface area contributed by atoms with E-state index in [2.05, 4.69) is 10.2 Å². The number of piperazine rings is 1. The third-order valence-corrected chi connectivity index (χ3v) is 5.26. The van der Waals surface area contributed by atoms with Crippen LogP contribution in [0.15, 0.2) is 24.3 Å². The molecule has 0 aromatic heterocycles. The van der Waals surface area contributed by atoms with Crippen molar-refractivity contribution in [2.45, 2.75) is 45.6 Å². The van der Waals surface area contributed by atoms with Crippen molar-refractivity contribution in [3.05, 3.63) is 29.8 Å². The molecule has 0 atom stereocenters. The molecule has 1 saturated heterocycles. The van der Waals surface area contributed by atoms with Crippen LogP contribution in [0.25, 0.3) is 0 Å². The molecule has 30 heavy (non-hydrogen) atoms. The maximum atomic E-state index is 12.3. The summed E-state index contributed by atoms with van der Waals surface area (Å²) in [5, 5.41) is 2.98. The van der Waals surface area contributed by atoms with Crippen LogP contribution < -0.4 is 10.1 Å². The van der Waals surface area contributed by atoms with Crippen LogP contribution >= 0.6 is 0 Å². The van der Waals surface area contributed by atoms with Gasteiger partial charge in [-0.05, 0) is 76.8 Å². The fraction of sp³-hybridized carbons (Fsp3) is 0.652. The monoisotopic (exact) mass is 417 g/mol. The highest BCUT2D eigenvalue weighted by Crippen LogP contribution is 2.29. The van der Waals surface area contributed by atoms with Gasteiger partial charge in [0.15, 0.2) is 0 Å². The maximum absolute atomic E-state index is 12.3. The Hall–Kier alpha value is -2.28. The van der Waals surface area contributed by atoms with E-state index in [1.807, 2.05) is 45.0 Å². The van der Waals surface area contributed by atoms with Gasteiger partial charge < -0.3 is 19.7 Å². The smallest absolute Gasteiger partial charge is 0.410 e. The normalized spacial score (nSPS) is 17.5. The predicted octanol–water partition coefficient (Wildman–Crippen LogP) is 3.15. The molecule has 2 fully saturated rings. The number of ether oxygens (including phenoxy) is 2. The zero-order valence-electron chi connectivity index (χ0n) is 18.5. The molecule has 1 aliphatic heterocycles. The molecule has 0 radical (unpaired) electrons. The number of amides is 2. The van der Waals surface area contributed by atoms with Crippen LogP contribution in [0.2, 0.25) is 0 Å². The third kappa shape index (κ3) is 7.52. The number of nitrogens with one attached hydrogen (secondary N) is 1. The highest BCUT2D eigenvalue weighted by Gasteiger charge is 2.25. The van der Waals surface area contributed by atoms with E-state index >= 15 is 0 Å². The predicted molar refractivity (Wildman–Crippen MR) is 116 cm³/mol. The van der Waals surface area contributed by atoms with Crippen molar-refractivity contribution in [2.75, 3.05) is 45.9 Å². The first-order valence-corrected chi connectivity index (χ1v) is 11.0. The Balaban J connectivity index is 1.28. The van der Waals surface area contributed by atoms with E-state index in [4.69, 9.17) is 9.47 Å². The summed E-state index contributed by atoms with van der Waals surface area (Å²) in [6.07, 6.45) is 3.17. The van der Waals surface area contributed by atoms with Crippen molar-refractivity contribution >= 4 is 12.0 Å². The lowest BCUT2D eigenvalue weighted by Crippen LogP contribution is -2.50. The van der Waals surface area contributed by atoms with Crippen LogP contribution in [0, 0.1) is 5.92 Å². The Labute approximate surface area is 179 Å². The number of rotatable bonds is 8. The van der Waals surface area contributed by atoms with E-state index in [0.29, 0.717) is 31.1 Å². The van der Waals surface area contributed by atoms with Crippen molar-refractivity contribution in [3.8, 4) is 5.75 Å². The fourth-order valence-electron chi connectivity index (χ4n) is 3.29. The van der Waals surface area contributed by atoms with Crippen LogP contribution in [-0.4, -0.2) is 73.3 Å². The van der Waals surface area contributed by atoms with Gasteiger partial charge in [0.2, 0.25) is 0 Å². The van der Waals surface area contributed by atoms with E-state index in [1.54, 1.807) is 4.90 Å². The minimum absolute atomic E-state index is 0.0570. The van der Waals surface area contributed by atoms with Crippen molar-refractivity contribution in [2.24, 2.45) is 5.92 Å². The third-order valence-electron chi connectivity index (χ3n) is 5.26. The molecule has 0 spiro atoms. The Kier molecular flexibility index (Phi) is 7.58. The Bertz CT molecular complexity index is 702. The molecule has 1 N–H and O–H groups in total. The second-order valence-electron chi connectivity index (χ2n) is 9.20. The molecular weight excluding hydrogens is 382 g/mol. The molecule has 1 aliphatic carbocycles. The molecule has 3 rings (SSSR count). The van der Waals surface area contributed by atoms with Gasteiger partial charge in [0.25, 0.3) is 5.91 Å². The zero-order chi connectivity index (χ0) is 21.6. The van der Waals surface area contributed by atoms with Crippen LogP contribution in [0.5, 0.6) is 5.75 Å². The van der Waals surface area contributed by atoms with Crippen molar-refractivity contribution in [3.63, 3.8) is 0 Å². The van der Waals surface area contributed by atoms with Gasteiger partial charge in [0.05, 0.1) is 6.61 Å². The molecule has 7 heteroatoms. The fourth-order valence-corrected chi connectivity index (χ4v) is 3.29. The quantitative estimate of drug-likeness (QED) is 0.658. The summed E-state index contributed by atoms with van der Waals surface area (Å²) in [5.74, 6) is 1.48. The van der Waals surface area contributed by atoms with Gasteiger partial charge in [0, 0.05) is 38.3 Å². The van der Waals surface area contributed by atoms with E-state index in [-0.39, 0.29) is 12.0 Å². The Morgan fingerprint density at radius 2 is 1.73 bits per heavy atom. The average molecular weight is 418 g/mol. The molecule has 166 valence electrons. The standard InChI is InChI=1S/C23H35N3O4/c1-23(2,3)30-22(28)26-15-13-25(14-16-26)12-4-11-24-21(27)19-7-9-20(10-8-19)29-17-18-5-6-18/h7-10,18H,4-6,11-17H2,1-3H3,(H,24,27). The van der Waals surface area contributed by atoms with Crippen molar-refractivity contribution < 1.29 is 19.1 Å². The van der Waals surface area contributed by atoms with E-state index in [9.17, 15) is 9.59 Å². The maximum Gasteiger partial charge on any atom is 0.410 e. The SMILES string of the molecule is CC(C)(C)OC(=O)N1CCN(CCCNC(=O)c2ccc(OCC3CC3)cc2)CC1. The van der Waals surface area contributed by atoms with Crippen LogP contribution in [0.3, 0.4) is 0 Å². The lowest BCUT2D eigenvalue weighted by molar-refractivity contribution is 0.0144. The summed E-state index contributed by atoms with van der Waals surface area (Å²) in [5.41, 5.74) is 0.191. The second kappa shape index (κ2) is 10.2. The number of hydrogen-bond donors (Lipinski definition) is 1.